The van der Waals surface area contributed by atoms with Gasteiger partial charge in [-0.05, 0) is 0 Å². The number of aromatic nitrogens is 4. The van der Waals surface area contributed by atoms with Crippen LogP contribution >= 0.6 is 0 Å². The Balaban J connectivity index is 2.93. The van der Waals surface area contributed by atoms with Gasteiger partial charge in [0, 0.05) is 0 Å². The fraction of sp³-hybridized carbons (Fsp3) is 0. The van der Waals surface area contributed by atoms with Crippen LogP contribution in [0, 0.1) is 0 Å². The molecule has 2 rings (SSSR count). The van der Waals surface area contributed by atoms with Gasteiger partial charge in [-0.15, -0.1) is 0 Å². The SMILES string of the molecule is Nc1c2ncn(N)c2nc[n+]1O. The first-order valence-corrected chi connectivity index (χ1v) is 3.17. The summed E-state index contributed by atoms with van der Waals surface area (Å²) < 4.78 is 1.92. The van der Waals surface area contributed by atoms with Gasteiger partial charge in [-0.2, -0.15) is 0 Å². The topological polar surface area (TPSA) is 107 Å². The Labute approximate surface area is 66.8 Å². The second kappa shape index (κ2) is 1.97. The molecule has 0 radical (unpaired) electrons. The van der Waals surface area contributed by atoms with Gasteiger partial charge in [0.05, 0.1) is 0 Å². The average Bonchev–Trinajstić information content (AvgIpc) is 2.41. The number of rotatable bonds is 0. The Kier molecular flexibility index (Phi) is 1.09. The molecule has 12 heavy (non-hydrogen) atoms. The minimum atomic E-state index is 0.115. The van der Waals surface area contributed by atoms with Crippen molar-refractivity contribution in [2.75, 3.05) is 11.6 Å². The molecule has 0 atom stereocenters. The lowest BCUT2D eigenvalue weighted by Gasteiger charge is -1.92. The van der Waals surface area contributed by atoms with Crippen LogP contribution in [0.3, 0.4) is 0 Å². The maximum absolute atomic E-state index is 9.07. The molecule has 0 aliphatic rings. The van der Waals surface area contributed by atoms with Gasteiger partial charge in [-0.1, -0.05) is 9.71 Å². The van der Waals surface area contributed by atoms with Crippen LogP contribution in [0.1, 0.15) is 0 Å². The Morgan fingerprint density at radius 2 is 2.25 bits per heavy atom. The first-order valence-electron chi connectivity index (χ1n) is 3.17. The van der Waals surface area contributed by atoms with Crippen LogP contribution in [0.15, 0.2) is 12.7 Å². The second-order valence-corrected chi connectivity index (χ2v) is 2.30. The zero-order chi connectivity index (χ0) is 8.72. The number of nitrogens with zero attached hydrogens (tertiary/aromatic N) is 4. The third-order valence-corrected chi connectivity index (χ3v) is 1.55. The Morgan fingerprint density at radius 1 is 1.50 bits per heavy atom. The number of hydrogen-bond acceptors (Lipinski definition) is 5. The third-order valence-electron chi connectivity index (χ3n) is 1.55. The van der Waals surface area contributed by atoms with Gasteiger partial charge in [0.25, 0.3) is 17.8 Å². The van der Waals surface area contributed by atoms with Gasteiger partial charge >= 0.3 is 0 Å². The van der Waals surface area contributed by atoms with E-state index in [-0.39, 0.29) is 5.82 Å². The van der Waals surface area contributed by atoms with Crippen LogP contribution < -0.4 is 16.3 Å². The van der Waals surface area contributed by atoms with E-state index in [0.29, 0.717) is 15.9 Å². The molecule has 0 aliphatic heterocycles. The number of nitrogen functional groups attached to an aromatic ring is 2. The van der Waals surface area contributed by atoms with Crippen molar-refractivity contribution in [2.45, 2.75) is 0 Å². The van der Waals surface area contributed by atoms with Crippen LogP contribution in [0.25, 0.3) is 11.2 Å². The number of nitrogens with two attached hydrogens (primary N) is 2. The molecule has 0 saturated heterocycles. The predicted octanol–water partition coefficient (Wildman–Crippen LogP) is -1.75. The summed E-state index contributed by atoms with van der Waals surface area (Å²) in [4.78, 5) is 7.66. The van der Waals surface area contributed by atoms with E-state index in [1.807, 2.05) is 0 Å². The maximum atomic E-state index is 9.07. The van der Waals surface area contributed by atoms with Crippen molar-refractivity contribution >= 4 is 17.0 Å². The molecule has 0 fully saturated rings. The van der Waals surface area contributed by atoms with Crippen molar-refractivity contribution in [1.82, 2.24) is 14.6 Å². The summed E-state index contributed by atoms with van der Waals surface area (Å²) in [6, 6.07) is 0. The van der Waals surface area contributed by atoms with E-state index >= 15 is 0 Å². The molecule has 0 saturated carbocycles. The molecule has 0 aromatic carbocycles. The largest absolute Gasteiger partial charge is 0.371 e. The fourth-order valence-electron chi connectivity index (χ4n) is 0.943. The Bertz CT molecular complexity index is 435. The van der Waals surface area contributed by atoms with Crippen LogP contribution in [-0.2, 0) is 0 Å². The first kappa shape index (κ1) is 6.65. The van der Waals surface area contributed by atoms with Gasteiger partial charge in [-0.25, -0.2) is 9.66 Å². The normalized spacial score (nSPS) is 10.7. The summed E-state index contributed by atoms with van der Waals surface area (Å²) >= 11 is 0. The summed E-state index contributed by atoms with van der Waals surface area (Å²) in [6.45, 7) is 0. The van der Waals surface area contributed by atoms with E-state index in [0.717, 1.165) is 6.33 Å². The van der Waals surface area contributed by atoms with E-state index in [9.17, 15) is 0 Å². The van der Waals surface area contributed by atoms with E-state index in [2.05, 4.69) is 9.97 Å². The van der Waals surface area contributed by atoms with Gasteiger partial charge < -0.3 is 16.8 Å². The van der Waals surface area contributed by atoms with E-state index in [1.54, 1.807) is 0 Å². The van der Waals surface area contributed by atoms with Crippen LogP contribution in [0.2, 0.25) is 0 Å². The molecule has 0 spiro atoms. The summed E-state index contributed by atoms with van der Waals surface area (Å²) in [5.41, 5.74) is 6.28. The first-order chi connectivity index (χ1) is 5.70. The number of anilines is 1. The van der Waals surface area contributed by atoms with Crippen molar-refractivity contribution in [1.29, 1.82) is 0 Å². The molecule has 7 heteroatoms. The van der Waals surface area contributed by atoms with Crippen molar-refractivity contribution < 1.29 is 9.94 Å². The van der Waals surface area contributed by atoms with E-state index in [1.165, 1.54) is 11.0 Å². The average molecular weight is 167 g/mol. The smallest absolute Gasteiger partial charge is 0.289 e. The zero-order valence-corrected chi connectivity index (χ0v) is 6.05. The van der Waals surface area contributed by atoms with E-state index < -0.39 is 0 Å². The summed E-state index contributed by atoms with van der Waals surface area (Å²) in [5.74, 6) is 5.56. The lowest BCUT2D eigenvalue weighted by molar-refractivity contribution is -0.894. The highest BCUT2D eigenvalue weighted by Crippen LogP contribution is 2.09. The highest BCUT2D eigenvalue weighted by atomic mass is 16.5. The summed E-state index contributed by atoms with van der Waals surface area (Å²) in [6.07, 6.45) is 2.52. The molecule has 0 amide bonds. The van der Waals surface area contributed by atoms with Crippen molar-refractivity contribution in [3.05, 3.63) is 12.7 Å². The van der Waals surface area contributed by atoms with Crippen molar-refractivity contribution in [3.8, 4) is 0 Å². The second-order valence-electron chi connectivity index (χ2n) is 2.30. The zero-order valence-electron chi connectivity index (χ0n) is 6.05. The number of fused-ring (bicyclic) bond motifs is 1. The molecular weight excluding hydrogens is 160 g/mol. The number of imidazole rings is 1. The predicted molar refractivity (Wildman–Crippen MR) is 39.5 cm³/mol. The van der Waals surface area contributed by atoms with Crippen molar-refractivity contribution in [2.24, 2.45) is 0 Å². The molecular formula is C5H7N6O+. The lowest BCUT2D eigenvalue weighted by atomic mass is 10.5. The quantitative estimate of drug-likeness (QED) is 0.245. The standard InChI is InChI=1S/C5H6N6O/c6-4-3-5(9-2-11(4)12)10(7)1-8-3/h1-2,6,12H,7H2/p+1. The molecule has 5 N–H and O–H groups in total. The minimum absolute atomic E-state index is 0.115. The Morgan fingerprint density at radius 3 is 3.00 bits per heavy atom. The van der Waals surface area contributed by atoms with Gasteiger partial charge in [0.15, 0.2) is 0 Å². The van der Waals surface area contributed by atoms with Gasteiger partial charge in [-0.3, -0.25) is 0 Å². The molecule has 62 valence electrons. The van der Waals surface area contributed by atoms with Crippen LogP contribution in [-0.4, -0.2) is 19.9 Å². The Hall–Kier alpha value is -2.05. The molecule has 7 nitrogen and oxygen atoms in total. The molecule has 0 bridgehead atoms. The highest BCUT2D eigenvalue weighted by molar-refractivity contribution is 5.79. The van der Waals surface area contributed by atoms with Gasteiger partial charge in [0.1, 0.15) is 6.33 Å². The molecule has 2 aromatic rings. The molecule has 0 aliphatic carbocycles. The van der Waals surface area contributed by atoms with Crippen LogP contribution in [0.4, 0.5) is 5.82 Å². The van der Waals surface area contributed by atoms with Crippen LogP contribution in [0.5, 0.6) is 0 Å². The van der Waals surface area contributed by atoms with Crippen molar-refractivity contribution in [3.63, 3.8) is 0 Å². The monoisotopic (exact) mass is 167 g/mol. The third kappa shape index (κ3) is 0.669. The van der Waals surface area contributed by atoms with E-state index in [4.69, 9.17) is 16.8 Å². The number of hydrogen-bond donors (Lipinski definition) is 3. The fourth-order valence-corrected chi connectivity index (χ4v) is 0.943. The molecule has 0 unspecified atom stereocenters. The summed E-state index contributed by atoms with van der Waals surface area (Å²) in [5, 5.41) is 9.07. The maximum Gasteiger partial charge on any atom is 0.289 e. The molecule has 2 aromatic heterocycles. The molecule has 2 heterocycles. The minimum Gasteiger partial charge on any atom is -0.371 e. The summed E-state index contributed by atoms with van der Waals surface area (Å²) in [7, 11) is 0. The highest BCUT2D eigenvalue weighted by Gasteiger charge is 2.14. The van der Waals surface area contributed by atoms with Gasteiger partial charge in [0.2, 0.25) is 5.52 Å². The lowest BCUT2D eigenvalue weighted by Crippen LogP contribution is -2.34.